The van der Waals surface area contributed by atoms with Crippen LogP contribution in [0.4, 0.5) is 4.39 Å². The Morgan fingerprint density at radius 3 is 2.24 bits per heavy atom. The molecule has 0 atom stereocenters. The molecule has 174 valence electrons. The van der Waals surface area contributed by atoms with E-state index in [1.54, 1.807) is 12.1 Å². The van der Waals surface area contributed by atoms with Gasteiger partial charge in [-0.15, -0.1) is 0 Å². The summed E-state index contributed by atoms with van der Waals surface area (Å²) < 4.78 is 25.0. The van der Waals surface area contributed by atoms with Gasteiger partial charge in [-0.25, -0.2) is 4.39 Å². The zero-order valence-electron chi connectivity index (χ0n) is 19.5. The van der Waals surface area contributed by atoms with Crippen LogP contribution in [-0.4, -0.2) is 56.2 Å². The highest BCUT2D eigenvalue weighted by molar-refractivity contribution is 5.68. The summed E-state index contributed by atoms with van der Waals surface area (Å²) >= 11 is 0. The molecule has 1 aliphatic heterocycles. The largest absolute Gasteiger partial charge is 0.492 e. The molecule has 0 radical (unpaired) electrons. The number of rotatable bonds is 9. The third-order valence-electron chi connectivity index (χ3n) is 6.00. The molecule has 0 unspecified atom stereocenters. The Hall–Kier alpha value is -2.89. The molecule has 1 aliphatic rings. The van der Waals surface area contributed by atoms with E-state index < -0.39 is 0 Å². The van der Waals surface area contributed by atoms with Gasteiger partial charge in [0.05, 0.1) is 0 Å². The highest BCUT2D eigenvalue weighted by Crippen LogP contribution is 2.27. The van der Waals surface area contributed by atoms with E-state index in [9.17, 15) is 4.39 Å². The molecule has 0 aromatic heterocycles. The number of ether oxygens (including phenoxy) is 2. The van der Waals surface area contributed by atoms with Crippen LogP contribution in [-0.2, 0) is 6.54 Å². The van der Waals surface area contributed by atoms with Gasteiger partial charge in [-0.1, -0.05) is 36.4 Å². The SMILES string of the molecule is CN(C)Cc1ccccc1-c1ccc(OC2CCN(CCOc3ccc(F)cc3)CC2)cc1. The van der Waals surface area contributed by atoms with Crippen molar-refractivity contribution in [3.8, 4) is 22.6 Å². The van der Waals surface area contributed by atoms with E-state index in [-0.39, 0.29) is 11.9 Å². The number of halogens is 1. The molecule has 1 heterocycles. The van der Waals surface area contributed by atoms with E-state index in [2.05, 4.69) is 72.4 Å². The maximum atomic E-state index is 13.0. The van der Waals surface area contributed by atoms with E-state index in [1.165, 1.54) is 28.8 Å². The van der Waals surface area contributed by atoms with Gasteiger partial charge >= 0.3 is 0 Å². The zero-order valence-corrected chi connectivity index (χ0v) is 19.5. The molecule has 4 rings (SSSR count). The summed E-state index contributed by atoms with van der Waals surface area (Å²) in [5.74, 6) is 1.40. The first kappa shape index (κ1) is 23.3. The molecule has 1 saturated heterocycles. The highest BCUT2D eigenvalue weighted by Gasteiger charge is 2.20. The summed E-state index contributed by atoms with van der Waals surface area (Å²) in [6.45, 7) is 4.38. The number of hydrogen-bond donors (Lipinski definition) is 0. The quantitative estimate of drug-likeness (QED) is 0.433. The number of piperidine rings is 1. The summed E-state index contributed by atoms with van der Waals surface area (Å²) in [5, 5.41) is 0. The predicted octanol–water partition coefficient (Wildman–Crippen LogP) is 5.48. The van der Waals surface area contributed by atoms with Crippen molar-refractivity contribution < 1.29 is 13.9 Å². The van der Waals surface area contributed by atoms with Crippen LogP contribution in [0.15, 0.2) is 72.8 Å². The monoisotopic (exact) mass is 448 g/mol. The first-order valence-corrected chi connectivity index (χ1v) is 11.7. The van der Waals surface area contributed by atoms with Gasteiger partial charge in [0.25, 0.3) is 0 Å². The minimum Gasteiger partial charge on any atom is -0.492 e. The molecule has 1 fully saturated rings. The fourth-order valence-corrected chi connectivity index (χ4v) is 4.26. The van der Waals surface area contributed by atoms with Gasteiger partial charge in [0.15, 0.2) is 0 Å². The Morgan fingerprint density at radius 2 is 1.55 bits per heavy atom. The molecule has 0 N–H and O–H groups in total. The van der Waals surface area contributed by atoms with E-state index in [1.807, 2.05) is 0 Å². The summed E-state index contributed by atoms with van der Waals surface area (Å²) in [4.78, 5) is 4.59. The number of likely N-dealkylation sites (tertiary alicyclic amines) is 1. The predicted molar refractivity (Wildman–Crippen MR) is 131 cm³/mol. The summed E-state index contributed by atoms with van der Waals surface area (Å²) in [6, 6.07) is 23.2. The van der Waals surface area contributed by atoms with Crippen molar-refractivity contribution >= 4 is 0 Å². The summed E-state index contributed by atoms with van der Waals surface area (Å²) in [6.07, 6.45) is 2.25. The van der Waals surface area contributed by atoms with Crippen LogP contribution in [0.3, 0.4) is 0 Å². The Morgan fingerprint density at radius 1 is 0.879 bits per heavy atom. The van der Waals surface area contributed by atoms with E-state index in [0.717, 1.165) is 44.8 Å². The molecular formula is C28H33FN2O2. The minimum absolute atomic E-state index is 0.242. The second-order valence-corrected chi connectivity index (χ2v) is 8.88. The Kier molecular flexibility index (Phi) is 7.97. The number of nitrogens with zero attached hydrogens (tertiary/aromatic N) is 2. The second kappa shape index (κ2) is 11.3. The van der Waals surface area contributed by atoms with Gasteiger partial charge in [0.1, 0.15) is 30.0 Å². The summed E-state index contributed by atoms with van der Waals surface area (Å²) in [5.41, 5.74) is 3.82. The minimum atomic E-state index is -0.242. The van der Waals surface area contributed by atoms with E-state index >= 15 is 0 Å². The lowest BCUT2D eigenvalue weighted by Crippen LogP contribution is -2.40. The first-order chi connectivity index (χ1) is 16.1. The highest BCUT2D eigenvalue weighted by atomic mass is 19.1. The fraction of sp³-hybridized carbons (Fsp3) is 0.357. The smallest absolute Gasteiger partial charge is 0.123 e. The van der Waals surface area contributed by atoms with E-state index in [4.69, 9.17) is 9.47 Å². The van der Waals surface area contributed by atoms with Gasteiger partial charge in [-0.3, -0.25) is 4.90 Å². The molecule has 5 heteroatoms. The molecule has 0 amide bonds. The lowest BCUT2D eigenvalue weighted by Gasteiger charge is -2.32. The molecular weight excluding hydrogens is 415 g/mol. The first-order valence-electron chi connectivity index (χ1n) is 11.7. The Labute approximate surface area is 196 Å². The molecule has 33 heavy (non-hydrogen) atoms. The molecule has 0 saturated carbocycles. The zero-order chi connectivity index (χ0) is 23.0. The molecule has 3 aromatic carbocycles. The average Bonchev–Trinajstić information content (AvgIpc) is 2.82. The number of benzene rings is 3. The second-order valence-electron chi connectivity index (χ2n) is 8.88. The average molecular weight is 449 g/mol. The van der Waals surface area contributed by atoms with Crippen LogP contribution in [0.5, 0.6) is 11.5 Å². The van der Waals surface area contributed by atoms with Crippen LogP contribution in [0.1, 0.15) is 18.4 Å². The molecule has 0 aliphatic carbocycles. The Balaban J connectivity index is 1.23. The van der Waals surface area contributed by atoms with Gasteiger partial charge in [0.2, 0.25) is 0 Å². The lowest BCUT2D eigenvalue weighted by atomic mass is 9.99. The third-order valence-corrected chi connectivity index (χ3v) is 6.00. The van der Waals surface area contributed by atoms with Crippen LogP contribution in [0, 0.1) is 5.82 Å². The maximum Gasteiger partial charge on any atom is 0.123 e. The lowest BCUT2D eigenvalue weighted by molar-refractivity contribution is 0.0915. The van der Waals surface area contributed by atoms with Crippen LogP contribution in [0.25, 0.3) is 11.1 Å². The van der Waals surface area contributed by atoms with Gasteiger partial charge < -0.3 is 14.4 Å². The molecule has 3 aromatic rings. The number of hydrogen-bond acceptors (Lipinski definition) is 4. The fourth-order valence-electron chi connectivity index (χ4n) is 4.26. The van der Waals surface area contributed by atoms with E-state index in [0.29, 0.717) is 12.4 Å². The van der Waals surface area contributed by atoms with Crippen molar-refractivity contribution in [2.24, 2.45) is 0 Å². The van der Waals surface area contributed by atoms with Crippen molar-refractivity contribution in [3.05, 3.63) is 84.2 Å². The van der Waals surface area contributed by atoms with Crippen molar-refractivity contribution in [2.45, 2.75) is 25.5 Å². The maximum absolute atomic E-state index is 13.0. The molecule has 0 spiro atoms. The third kappa shape index (κ3) is 6.80. The topological polar surface area (TPSA) is 24.9 Å². The summed E-state index contributed by atoms with van der Waals surface area (Å²) in [7, 11) is 4.19. The van der Waals surface area contributed by atoms with Crippen molar-refractivity contribution in [1.29, 1.82) is 0 Å². The normalized spacial score (nSPS) is 15.0. The van der Waals surface area contributed by atoms with Gasteiger partial charge in [-0.2, -0.15) is 0 Å². The van der Waals surface area contributed by atoms with Gasteiger partial charge in [-0.05, 0) is 80.0 Å². The molecule has 0 bridgehead atoms. The van der Waals surface area contributed by atoms with Crippen LogP contribution < -0.4 is 9.47 Å². The van der Waals surface area contributed by atoms with Crippen LogP contribution >= 0.6 is 0 Å². The van der Waals surface area contributed by atoms with Crippen LogP contribution in [0.2, 0.25) is 0 Å². The Bertz CT molecular complexity index is 997. The van der Waals surface area contributed by atoms with Crippen molar-refractivity contribution in [2.75, 3.05) is 40.3 Å². The van der Waals surface area contributed by atoms with Crippen molar-refractivity contribution in [3.63, 3.8) is 0 Å². The molecule has 4 nitrogen and oxygen atoms in total. The van der Waals surface area contributed by atoms with Gasteiger partial charge in [0, 0.05) is 26.2 Å². The van der Waals surface area contributed by atoms with Crippen molar-refractivity contribution in [1.82, 2.24) is 9.80 Å². The standard InChI is InChI=1S/C28H33FN2O2/c1-30(2)21-23-5-3-4-6-28(23)22-7-11-26(12-8-22)33-27-15-17-31(18-16-27)19-20-32-25-13-9-24(29)10-14-25/h3-14,27H,15-21H2,1-2H3.